The van der Waals surface area contributed by atoms with Gasteiger partial charge in [-0.15, -0.1) is 0 Å². The van der Waals surface area contributed by atoms with Gasteiger partial charge in [0.25, 0.3) is 0 Å². The first kappa shape index (κ1) is 14.2. The summed E-state index contributed by atoms with van der Waals surface area (Å²) in [4.78, 5) is 15.5. The quantitative estimate of drug-likeness (QED) is 0.416. The van der Waals surface area contributed by atoms with Gasteiger partial charge in [0, 0.05) is 18.5 Å². The monoisotopic (exact) mass is 250 g/mol. The molecule has 0 radical (unpaired) electrons. The molecule has 1 aromatic carbocycles. The lowest BCUT2D eigenvalue weighted by molar-refractivity contribution is -0.137. The Balaban J connectivity index is 2.49. The van der Waals surface area contributed by atoms with E-state index >= 15 is 0 Å². The van der Waals surface area contributed by atoms with E-state index in [1.54, 1.807) is 0 Å². The lowest BCUT2D eigenvalue weighted by atomic mass is 10.1. The molecule has 0 amide bonds. The molecule has 0 heterocycles. The molecule has 0 fully saturated rings. The van der Waals surface area contributed by atoms with Crippen LogP contribution in [0.3, 0.4) is 0 Å². The maximum absolute atomic E-state index is 10.3. The molecule has 0 bridgehead atoms. The molecule has 0 aliphatic heterocycles. The fraction of sp³-hybridized carbons (Fsp3) is 0.385. The number of aliphatic carboxylic acids is 1. The topological polar surface area (TPSA) is 70.9 Å². The minimum Gasteiger partial charge on any atom is -0.481 e. The molecule has 0 saturated carbocycles. The molecule has 0 spiro atoms. The van der Waals surface area contributed by atoms with Gasteiger partial charge in [-0.1, -0.05) is 35.5 Å². The van der Waals surface area contributed by atoms with Gasteiger partial charge in [-0.3, -0.25) is 4.79 Å². The van der Waals surface area contributed by atoms with Crippen molar-refractivity contribution in [2.75, 3.05) is 20.2 Å². The summed E-state index contributed by atoms with van der Waals surface area (Å²) in [5, 5.41) is 15.5. The molecule has 5 nitrogen and oxygen atoms in total. The van der Waals surface area contributed by atoms with Crippen LogP contribution in [-0.2, 0) is 9.63 Å². The van der Waals surface area contributed by atoms with Gasteiger partial charge in [0.1, 0.15) is 12.3 Å². The van der Waals surface area contributed by atoms with E-state index in [2.05, 4.69) is 10.5 Å². The molecular formula is C13H18N2O3. The zero-order chi connectivity index (χ0) is 13.2. The highest BCUT2D eigenvalue weighted by atomic mass is 16.6. The highest BCUT2D eigenvalue weighted by molar-refractivity contribution is 6.01. The molecule has 1 rings (SSSR count). The van der Waals surface area contributed by atoms with Gasteiger partial charge in [-0.25, -0.2) is 0 Å². The number of carbonyl (C=O) groups is 1. The molecule has 0 aliphatic carbocycles. The summed E-state index contributed by atoms with van der Waals surface area (Å²) in [6.07, 6.45) is 0.558. The van der Waals surface area contributed by atoms with Crippen LogP contribution < -0.4 is 5.32 Å². The average Bonchev–Trinajstić information content (AvgIpc) is 2.38. The molecule has 5 heteroatoms. The average molecular weight is 250 g/mol. The molecule has 0 unspecified atom stereocenters. The van der Waals surface area contributed by atoms with Crippen molar-refractivity contribution in [2.45, 2.75) is 12.8 Å². The number of hydrogen-bond acceptors (Lipinski definition) is 4. The van der Waals surface area contributed by atoms with Gasteiger partial charge in [0.05, 0.1) is 0 Å². The fourth-order valence-electron chi connectivity index (χ4n) is 1.40. The Morgan fingerprint density at radius 1 is 1.39 bits per heavy atom. The van der Waals surface area contributed by atoms with Crippen molar-refractivity contribution in [1.82, 2.24) is 5.32 Å². The van der Waals surface area contributed by atoms with Crippen molar-refractivity contribution >= 4 is 11.7 Å². The van der Waals surface area contributed by atoms with E-state index in [1.165, 1.54) is 0 Å². The fourth-order valence-corrected chi connectivity index (χ4v) is 1.40. The predicted molar refractivity (Wildman–Crippen MR) is 69.7 cm³/mol. The third kappa shape index (κ3) is 5.45. The summed E-state index contributed by atoms with van der Waals surface area (Å²) in [6, 6.07) is 9.72. The Kier molecular flexibility index (Phi) is 6.50. The third-order valence-electron chi connectivity index (χ3n) is 2.25. The standard InChI is InChI=1S/C13H18N2O3/c1-14-10-12(11-6-3-2-4-7-11)15-18-9-5-8-13(16)17/h2-4,6-7,14H,5,8-10H2,1H3,(H,16,17). The Bertz CT molecular complexity index is 390. The number of nitrogens with zero attached hydrogens (tertiary/aromatic N) is 1. The summed E-state index contributed by atoms with van der Waals surface area (Å²) < 4.78 is 0. The molecular weight excluding hydrogens is 232 g/mol. The maximum atomic E-state index is 10.3. The Morgan fingerprint density at radius 2 is 2.11 bits per heavy atom. The first-order valence-electron chi connectivity index (χ1n) is 5.84. The van der Waals surface area contributed by atoms with Gasteiger partial charge < -0.3 is 15.3 Å². The van der Waals surface area contributed by atoms with Crippen LogP contribution in [0.2, 0.25) is 0 Å². The molecule has 0 atom stereocenters. The van der Waals surface area contributed by atoms with Crippen LogP contribution in [0.15, 0.2) is 35.5 Å². The minimum absolute atomic E-state index is 0.0994. The van der Waals surface area contributed by atoms with E-state index in [1.807, 2.05) is 37.4 Å². The highest BCUT2D eigenvalue weighted by Gasteiger charge is 2.02. The predicted octanol–water partition coefficient (Wildman–Crippen LogP) is 1.49. The van der Waals surface area contributed by atoms with E-state index in [9.17, 15) is 4.79 Å². The van der Waals surface area contributed by atoms with E-state index in [-0.39, 0.29) is 6.42 Å². The molecule has 0 saturated heterocycles. The smallest absolute Gasteiger partial charge is 0.303 e. The number of nitrogens with one attached hydrogen (secondary N) is 1. The second kappa shape index (κ2) is 8.25. The van der Waals surface area contributed by atoms with Crippen LogP contribution in [-0.4, -0.2) is 37.0 Å². The zero-order valence-electron chi connectivity index (χ0n) is 10.4. The summed E-state index contributed by atoms with van der Waals surface area (Å²) in [7, 11) is 1.84. The lowest BCUT2D eigenvalue weighted by Gasteiger charge is -2.06. The molecule has 98 valence electrons. The number of benzene rings is 1. The first-order chi connectivity index (χ1) is 8.74. The van der Waals surface area contributed by atoms with Crippen molar-refractivity contribution in [3.8, 4) is 0 Å². The molecule has 0 aliphatic rings. The molecule has 1 aromatic rings. The van der Waals surface area contributed by atoms with Crippen LogP contribution >= 0.6 is 0 Å². The number of carboxylic acid groups (broad SMARTS) is 1. The SMILES string of the molecule is CNCC(=NOCCCC(=O)O)c1ccccc1. The van der Waals surface area contributed by atoms with E-state index < -0.39 is 5.97 Å². The number of hydrogen-bond donors (Lipinski definition) is 2. The van der Waals surface area contributed by atoms with Crippen LogP contribution in [0, 0.1) is 0 Å². The Hall–Kier alpha value is -1.88. The second-order valence-electron chi connectivity index (χ2n) is 3.76. The van der Waals surface area contributed by atoms with E-state index in [4.69, 9.17) is 9.94 Å². The summed E-state index contributed by atoms with van der Waals surface area (Å²) in [6.45, 7) is 0.912. The first-order valence-corrected chi connectivity index (χ1v) is 5.84. The Morgan fingerprint density at radius 3 is 2.72 bits per heavy atom. The number of oxime groups is 1. The number of carboxylic acids is 1. The maximum Gasteiger partial charge on any atom is 0.303 e. The van der Waals surface area contributed by atoms with Crippen LogP contribution in [0.25, 0.3) is 0 Å². The summed E-state index contributed by atoms with van der Waals surface area (Å²) in [5.41, 5.74) is 1.79. The van der Waals surface area contributed by atoms with Gasteiger partial charge in [-0.2, -0.15) is 0 Å². The lowest BCUT2D eigenvalue weighted by Crippen LogP contribution is -2.20. The van der Waals surface area contributed by atoms with E-state index in [0.29, 0.717) is 19.6 Å². The van der Waals surface area contributed by atoms with Crippen molar-refractivity contribution in [1.29, 1.82) is 0 Å². The van der Waals surface area contributed by atoms with Gasteiger partial charge in [-0.05, 0) is 13.5 Å². The van der Waals surface area contributed by atoms with Crippen LogP contribution in [0.5, 0.6) is 0 Å². The van der Waals surface area contributed by atoms with Crippen molar-refractivity contribution in [2.24, 2.45) is 5.16 Å². The zero-order valence-corrected chi connectivity index (χ0v) is 10.4. The van der Waals surface area contributed by atoms with Gasteiger partial charge >= 0.3 is 5.97 Å². The third-order valence-corrected chi connectivity index (χ3v) is 2.25. The number of rotatable bonds is 8. The van der Waals surface area contributed by atoms with Crippen molar-refractivity contribution < 1.29 is 14.7 Å². The number of likely N-dealkylation sites (N-methyl/N-ethyl adjacent to an activating group) is 1. The Labute approximate surface area is 106 Å². The van der Waals surface area contributed by atoms with Crippen molar-refractivity contribution in [3.05, 3.63) is 35.9 Å². The van der Waals surface area contributed by atoms with Gasteiger partial charge in [0.15, 0.2) is 0 Å². The van der Waals surface area contributed by atoms with E-state index in [0.717, 1.165) is 11.3 Å². The molecule has 0 aromatic heterocycles. The largest absolute Gasteiger partial charge is 0.481 e. The van der Waals surface area contributed by atoms with Gasteiger partial charge in [0.2, 0.25) is 0 Å². The summed E-state index contributed by atoms with van der Waals surface area (Å²) in [5.74, 6) is -0.818. The molecule has 2 N–H and O–H groups in total. The highest BCUT2D eigenvalue weighted by Crippen LogP contribution is 2.02. The second-order valence-corrected chi connectivity index (χ2v) is 3.76. The van der Waals surface area contributed by atoms with Crippen LogP contribution in [0.1, 0.15) is 18.4 Å². The van der Waals surface area contributed by atoms with Crippen LogP contribution in [0.4, 0.5) is 0 Å². The normalized spacial score (nSPS) is 11.3. The van der Waals surface area contributed by atoms with Crippen molar-refractivity contribution in [3.63, 3.8) is 0 Å². The summed E-state index contributed by atoms with van der Waals surface area (Å²) >= 11 is 0. The molecule has 18 heavy (non-hydrogen) atoms. The minimum atomic E-state index is -0.818.